The maximum atomic E-state index is 12.1. The second-order valence-electron chi connectivity index (χ2n) is 8.08. The Balaban J connectivity index is 2.22. The van der Waals surface area contributed by atoms with Gasteiger partial charge in [-0.25, -0.2) is 0 Å². The summed E-state index contributed by atoms with van der Waals surface area (Å²) >= 11 is 0. The van der Waals surface area contributed by atoms with Gasteiger partial charge in [0.1, 0.15) is 5.75 Å². The van der Waals surface area contributed by atoms with E-state index in [1.807, 2.05) is 24.3 Å². The molecule has 29 heavy (non-hydrogen) atoms. The van der Waals surface area contributed by atoms with Crippen LogP contribution in [0.5, 0.6) is 5.75 Å². The van der Waals surface area contributed by atoms with Crippen molar-refractivity contribution in [1.29, 1.82) is 0 Å². The minimum atomic E-state index is -0.495. The molecule has 0 saturated carbocycles. The molecule has 2 unspecified atom stereocenters. The Morgan fingerprint density at radius 3 is 2.24 bits per heavy atom. The van der Waals surface area contributed by atoms with Gasteiger partial charge in [-0.3, -0.25) is 4.79 Å². The molecule has 0 aromatic heterocycles. The summed E-state index contributed by atoms with van der Waals surface area (Å²) in [6.45, 7) is 9.81. The first-order chi connectivity index (χ1) is 14.0. The summed E-state index contributed by atoms with van der Waals surface area (Å²) in [6.07, 6.45) is 10.7. The summed E-state index contributed by atoms with van der Waals surface area (Å²) in [5, 5.41) is 0. The summed E-state index contributed by atoms with van der Waals surface area (Å²) in [6, 6.07) is 7.71. The van der Waals surface area contributed by atoms with Crippen LogP contribution in [0.3, 0.4) is 0 Å². The van der Waals surface area contributed by atoms with Crippen LogP contribution in [0.2, 0.25) is 0 Å². The van der Waals surface area contributed by atoms with Gasteiger partial charge in [0.2, 0.25) is 0 Å². The summed E-state index contributed by atoms with van der Waals surface area (Å²) < 4.78 is 16.8. The monoisotopic (exact) mass is 406 g/mol. The van der Waals surface area contributed by atoms with Crippen LogP contribution in [-0.4, -0.2) is 25.5 Å². The van der Waals surface area contributed by atoms with Crippen molar-refractivity contribution in [2.45, 2.75) is 98.2 Å². The first kappa shape index (κ1) is 25.5. The van der Waals surface area contributed by atoms with Crippen LogP contribution in [-0.2, 0) is 20.7 Å². The number of hydrogen-bond donors (Lipinski definition) is 0. The van der Waals surface area contributed by atoms with E-state index < -0.39 is 6.29 Å². The highest BCUT2D eigenvalue weighted by atomic mass is 16.7. The Morgan fingerprint density at radius 1 is 0.897 bits per heavy atom. The Labute approximate surface area is 178 Å². The molecule has 166 valence electrons. The average Bonchev–Trinajstić information content (AvgIpc) is 2.70. The van der Waals surface area contributed by atoms with E-state index in [-0.39, 0.29) is 12.4 Å². The average molecular weight is 407 g/mol. The fraction of sp³-hybridized carbons (Fsp3) is 0.720. The standard InChI is InChI=1S/C25H42O4/c1-5-7-9-10-12-18-27-22(4)29-25(26)19-23-14-16-24(17-15-23)28-20-21(3)13-11-8-6-2/h14-17,21-22H,5-13,18-20H2,1-4H3. The predicted octanol–water partition coefficient (Wildman–Crippen LogP) is 6.70. The van der Waals surface area contributed by atoms with Gasteiger partial charge in [-0.15, -0.1) is 0 Å². The fourth-order valence-electron chi connectivity index (χ4n) is 3.15. The molecule has 1 aromatic carbocycles. The maximum Gasteiger partial charge on any atom is 0.312 e. The summed E-state index contributed by atoms with van der Waals surface area (Å²) in [5.74, 6) is 1.15. The summed E-state index contributed by atoms with van der Waals surface area (Å²) in [7, 11) is 0. The van der Waals surface area contributed by atoms with Crippen LogP contribution in [0.4, 0.5) is 0 Å². The molecular weight excluding hydrogens is 364 g/mol. The largest absolute Gasteiger partial charge is 0.493 e. The van der Waals surface area contributed by atoms with E-state index >= 15 is 0 Å². The van der Waals surface area contributed by atoms with Crippen molar-refractivity contribution in [2.75, 3.05) is 13.2 Å². The van der Waals surface area contributed by atoms with Crippen molar-refractivity contribution in [3.8, 4) is 5.75 Å². The van der Waals surface area contributed by atoms with Crippen LogP contribution in [0.15, 0.2) is 24.3 Å². The molecule has 0 fully saturated rings. The van der Waals surface area contributed by atoms with Gasteiger partial charge in [0, 0.05) is 0 Å². The molecule has 0 bridgehead atoms. The van der Waals surface area contributed by atoms with E-state index in [1.165, 1.54) is 51.4 Å². The molecule has 2 atom stereocenters. The topological polar surface area (TPSA) is 44.8 Å². The van der Waals surface area contributed by atoms with E-state index in [0.717, 1.165) is 24.3 Å². The molecular formula is C25H42O4. The highest BCUT2D eigenvalue weighted by molar-refractivity contribution is 5.72. The van der Waals surface area contributed by atoms with Gasteiger partial charge in [0.05, 0.1) is 19.6 Å². The molecule has 1 aromatic rings. The van der Waals surface area contributed by atoms with Crippen molar-refractivity contribution in [3.63, 3.8) is 0 Å². The summed E-state index contributed by atoms with van der Waals surface area (Å²) in [4.78, 5) is 12.1. The van der Waals surface area contributed by atoms with Gasteiger partial charge in [0.25, 0.3) is 0 Å². The van der Waals surface area contributed by atoms with E-state index in [2.05, 4.69) is 20.8 Å². The third-order valence-electron chi connectivity index (χ3n) is 5.00. The van der Waals surface area contributed by atoms with Crippen LogP contribution >= 0.6 is 0 Å². The van der Waals surface area contributed by atoms with Gasteiger partial charge in [-0.2, -0.15) is 0 Å². The molecule has 0 heterocycles. The van der Waals surface area contributed by atoms with Gasteiger partial charge in [-0.05, 0) is 43.4 Å². The molecule has 0 aliphatic carbocycles. The predicted molar refractivity (Wildman–Crippen MR) is 119 cm³/mol. The van der Waals surface area contributed by atoms with Crippen LogP contribution in [0, 0.1) is 5.92 Å². The second-order valence-corrected chi connectivity index (χ2v) is 8.08. The Hall–Kier alpha value is -1.55. The summed E-state index contributed by atoms with van der Waals surface area (Å²) in [5.41, 5.74) is 0.921. The zero-order valence-corrected chi connectivity index (χ0v) is 19.1. The van der Waals surface area contributed by atoms with Crippen LogP contribution in [0.1, 0.15) is 91.0 Å². The highest BCUT2D eigenvalue weighted by Gasteiger charge is 2.11. The lowest BCUT2D eigenvalue weighted by Crippen LogP contribution is -2.20. The quantitative estimate of drug-likeness (QED) is 0.164. The first-order valence-corrected chi connectivity index (χ1v) is 11.6. The van der Waals surface area contributed by atoms with Crippen molar-refractivity contribution in [2.24, 2.45) is 5.92 Å². The smallest absolute Gasteiger partial charge is 0.312 e. The lowest BCUT2D eigenvalue weighted by molar-refractivity contribution is -0.174. The first-order valence-electron chi connectivity index (χ1n) is 11.6. The minimum absolute atomic E-state index is 0.248. The van der Waals surface area contributed by atoms with Gasteiger partial charge < -0.3 is 14.2 Å². The minimum Gasteiger partial charge on any atom is -0.493 e. The van der Waals surface area contributed by atoms with Gasteiger partial charge in [-0.1, -0.05) is 77.8 Å². The van der Waals surface area contributed by atoms with E-state index in [9.17, 15) is 4.79 Å². The van der Waals surface area contributed by atoms with E-state index in [0.29, 0.717) is 12.5 Å². The lowest BCUT2D eigenvalue weighted by atomic mass is 10.0. The number of esters is 1. The Morgan fingerprint density at radius 2 is 1.55 bits per heavy atom. The molecule has 0 aliphatic heterocycles. The molecule has 0 aliphatic rings. The third-order valence-corrected chi connectivity index (χ3v) is 5.00. The Kier molecular flexibility index (Phi) is 14.3. The molecule has 0 amide bonds. The third kappa shape index (κ3) is 13.3. The number of hydrogen-bond acceptors (Lipinski definition) is 4. The SMILES string of the molecule is CCCCCCCOC(C)OC(=O)Cc1ccc(OCC(C)CCCCC)cc1. The number of ether oxygens (including phenoxy) is 3. The Bertz CT molecular complexity index is 526. The number of unbranched alkanes of at least 4 members (excludes halogenated alkanes) is 6. The van der Waals surface area contributed by atoms with Crippen molar-refractivity contribution >= 4 is 5.97 Å². The molecule has 0 saturated heterocycles. The van der Waals surface area contributed by atoms with Crippen LogP contribution < -0.4 is 4.74 Å². The lowest BCUT2D eigenvalue weighted by Gasteiger charge is -2.15. The zero-order valence-electron chi connectivity index (χ0n) is 19.1. The van der Waals surface area contributed by atoms with Crippen molar-refractivity contribution < 1.29 is 19.0 Å². The van der Waals surface area contributed by atoms with Gasteiger partial charge in [0.15, 0.2) is 6.29 Å². The normalized spacial score (nSPS) is 13.1. The maximum absolute atomic E-state index is 12.1. The molecule has 1 rings (SSSR count). The van der Waals surface area contributed by atoms with E-state index in [4.69, 9.17) is 14.2 Å². The molecule has 0 N–H and O–H groups in total. The zero-order chi connectivity index (χ0) is 21.3. The molecule has 0 radical (unpaired) electrons. The van der Waals surface area contributed by atoms with Gasteiger partial charge >= 0.3 is 5.97 Å². The van der Waals surface area contributed by atoms with Crippen LogP contribution in [0.25, 0.3) is 0 Å². The second kappa shape index (κ2) is 16.3. The van der Waals surface area contributed by atoms with E-state index in [1.54, 1.807) is 6.92 Å². The molecule has 4 nitrogen and oxygen atoms in total. The highest BCUT2D eigenvalue weighted by Crippen LogP contribution is 2.16. The number of benzene rings is 1. The molecule has 4 heteroatoms. The fourth-order valence-corrected chi connectivity index (χ4v) is 3.15. The van der Waals surface area contributed by atoms with Crippen molar-refractivity contribution in [1.82, 2.24) is 0 Å². The number of carbonyl (C=O) groups is 1. The number of carbonyl (C=O) groups excluding carboxylic acids is 1. The number of rotatable bonds is 17. The van der Waals surface area contributed by atoms with Crippen molar-refractivity contribution in [3.05, 3.63) is 29.8 Å². The molecule has 0 spiro atoms.